The van der Waals surface area contributed by atoms with E-state index in [1.54, 1.807) is 7.11 Å². The molecule has 0 saturated carbocycles. The van der Waals surface area contributed by atoms with Crippen molar-refractivity contribution in [1.82, 2.24) is 4.90 Å². The van der Waals surface area contributed by atoms with Crippen LogP contribution in [0.2, 0.25) is 0 Å². The molecule has 0 spiro atoms. The molecule has 1 aromatic rings. The van der Waals surface area contributed by atoms with Crippen LogP contribution in [0.3, 0.4) is 0 Å². The van der Waals surface area contributed by atoms with Gasteiger partial charge in [0, 0.05) is 31.2 Å². The first-order chi connectivity index (χ1) is 9.11. The molecule has 0 unspecified atom stereocenters. The maximum atomic E-state index is 5.75. The second-order valence-corrected chi connectivity index (χ2v) is 5.91. The molecule has 4 heteroatoms. The van der Waals surface area contributed by atoms with Crippen molar-refractivity contribution >= 4 is 15.9 Å². The molecule has 0 aliphatic carbocycles. The molecule has 0 aliphatic heterocycles. The van der Waals surface area contributed by atoms with Gasteiger partial charge in [0.15, 0.2) is 0 Å². The predicted octanol–water partition coefficient (Wildman–Crippen LogP) is 3.43. The van der Waals surface area contributed by atoms with Crippen LogP contribution < -0.4 is 4.74 Å². The van der Waals surface area contributed by atoms with Gasteiger partial charge in [-0.3, -0.25) is 4.90 Å². The minimum Gasteiger partial charge on any atom is -0.492 e. The summed E-state index contributed by atoms with van der Waals surface area (Å²) in [5.41, 5.74) is 0. The highest BCUT2D eigenvalue weighted by molar-refractivity contribution is 9.10. The fourth-order valence-electron chi connectivity index (χ4n) is 1.85. The van der Waals surface area contributed by atoms with E-state index in [1.165, 1.54) is 0 Å². The summed E-state index contributed by atoms with van der Waals surface area (Å²) in [4.78, 5) is 2.38. The van der Waals surface area contributed by atoms with Gasteiger partial charge in [0.05, 0.1) is 6.61 Å². The first kappa shape index (κ1) is 16.5. The number of ether oxygens (including phenoxy) is 2. The van der Waals surface area contributed by atoms with Crippen LogP contribution >= 0.6 is 15.9 Å². The van der Waals surface area contributed by atoms with E-state index < -0.39 is 0 Å². The fraction of sp³-hybridized carbons (Fsp3) is 0.600. The van der Waals surface area contributed by atoms with Gasteiger partial charge in [0.2, 0.25) is 0 Å². The van der Waals surface area contributed by atoms with E-state index in [0.29, 0.717) is 12.5 Å². The summed E-state index contributed by atoms with van der Waals surface area (Å²) >= 11 is 3.41. The van der Waals surface area contributed by atoms with Gasteiger partial charge in [-0.25, -0.2) is 0 Å². The number of rotatable bonds is 9. The Bertz CT molecular complexity index is 341. The molecular formula is C15H24BrNO2. The highest BCUT2D eigenvalue weighted by Crippen LogP contribution is 2.15. The van der Waals surface area contributed by atoms with E-state index in [-0.39, 0.29) is 0 Å². The highest BCUT2D eigenvalue weighted by Gasteiger charge is 2.07. The van der Waals surface area contributed by atoms with Gasteiger partial charge in [0.1, 0.15) is 12.4 Å². The van der Waals surface area contributed by atoms with Gasteiger partial charge >= 0.3 is 0 Å². The largest absolute Gasteiger partial charge is 0.492 e. The zero-order valence-electron chi connectivity index (χ0n) is 12.1. The number of halogens is 1. The van der Waals surface area contributed by atoms with E-state index in [4.69, 9.17) is 9.47 Å². The van der Waals surface area contributed by atoms with Gasteiger partial charge < -0.3 is 9.47 Å². The Hall–Kier alpha value is -0.580. The first-order valence-electron chi connectivity index (χ1n) is 6.71. The van der Waals surface area contributed by atoms with Gasteiger partial charge in [-0.2, -0.15) is 0 Å². The molecule has 19 heavy (non-hydrogen) atoms. The van der Waals surface area contributed by atoms with Crippen molar-refractivity contribution in [2.45, 2.75) is 13.8 Å². The van der Waals surface area contributed by atoms with Crippen molar-refractivity contribution < 1.29 is 9.47 Å². The van der Waals surface area contributed by atoms with E-state index in [2.05, 4.69) is 34.7 Å². The van der Waals surface area contributed by atoms with Crippen LogP contribution in [0, 0.1) is 5.92 Å². The van der Waals surface area contributed by atoms with Crippen LogP contribution in [-0.4, -0.2) is 44.9 Å². The minimum absolute atomic E-state index is 0.657. The third kappa shape index (κ3) is 7.55. The van der Waals surface area contributed by atoms with Crippen molar-refractivity contribution in [3.8, 4) is 5.75 Å². The maximum absolute atomic E-state index is 5.75. The Balaban J connectivity index is 2.32. The monoisotopic (exact) mass is 329 g/mol. The number of hydrogen-bond acceptors (Lipinski definition) is 3. The van der Waals surface area contributed by atoms with E-state index in [1.807, 2.05) is 24.3 Å². The first-order valence-corrected chi connectivity index (χ1v) is 7.50. The number of benzene rings is 1. The van der Waals surface area contributed by atoms with Crippen molar-refractivity contribution in [3.63, 3.8) is 0 Å². The fourth-order valence-corrected chi connectivity index (χ4v) is 2.12. The molecule has 0 aliphatic rings. The van der Waals surface area contributed by atoms with Gasteiger partial charge in [-0.1, -0.05) is 29.8 Å². The van der Waals surface area contributed by atoms with E-state index >= 15 is 0 Å². The molecule has 0 N–H and O–H groups in total. The second-order valence-electron chi connectivity index (χ2n) is 4.99. The van der Waals surface area contributed by atoms with Crippen LogP contribution in [0.4, 0.5) is 0 Å². The molecule has 0 radical (unpaired) electrons. The van der Waals surface area contributed by atoms with Crippen LogP contribution in [0.1, 0.15) is 13.8 Å². The average molecular weight is 330 g/mol. The average Bonchev–Trinajstić information content (AvgIpc) is 2.37. The van der Waals surface area contributed by atoms with Crippen molar-refractivity contribution in [3.05, 3.63) is 28.7 Å². The lowest BCUT2D eigenvalue weighted by Crippen LogP contribution is -2.34. The van der Waals surface area contributed by atoms with Crippen LogP contribution in [-0.2, 0) is 4.74 Å². The summed E-state index contributed by atoms with van der Waals surface area (Å²) in [6.07, 6.45) is 0. The highest BCUT2D eigenvalue weighted by atomic mass is 79.9. The Morgan fingerprint density at radius 2 is 1.74 bits per heavy atom. The van der Waals surface area contributed by atoms with Gasteiger partial charge in [-0.15, -0.1) is 0 Å². The zero-order valence-corrected chi connectivity index (χ0v) is 13.6. The third-order valence-electron chi connectivity index (χ3n) is 2.72. The van der Waals surface area contributed by atoms with Gasteiger partial charge in [-0.05, 0) is 30.2 Å². The lowest BCUT2D eigenvalue weighted by Gasteiger charge is -2.23. The molecule has 0 atom stereocenters. The van der Waals surface area contributed by atoms with Crippen molar-refractivity contribution in [2.75, 3.05) is 40.0 Å². The summed E-state index contributed by atoms with van der Waals surface area (Å²) in [5.74, 6) is 1.57. The van der Waals surface area contributed by atoms with Gasteiger partial charge in [0.25, 0.3) is 0 Å². The summed E-state index contributed by atoms with van der Waals surface area (Å²) in [5, 5.41) is 0. The minimum atomic E-state index is 0.657. The van der Waals surface area contributed by atoms with Crippen LogP contribution in [0.5, 0.6) is 5.75 Å². The Kier molecular flexibility index (Phi) is 8.10. The summed E-state index contributed by atoms with van der Waals surface area (Å²) in [6, 6.07) is 7.94. The number of hydrogen-bond donors (Lipinski definition) is 0. The third-order valence-corrected chi connectivity index (χ3v) is 3.25. The predicted molar refractivity (Wildman–Crippen MR) is 82.8 cm³/mol. The SMILES string of the molecule is COCCN(CCOc1ccc(Br)cc1)CC(C)C. The number of nitrogens with zero attached hydrogens (tertiary/aromatic N) is 1. The molecule has 0 aromatic heterocycles. The molecule has 0 bridgehead atoms. The molecule has 0 amide bonds. The quantitative estimate of drug-likeness (QED) is 0.692. The Morgan fingerprint density at radius 1 is 1.11 bits per heavy atom. The van der Waals surface area contributed by atoms with E-state index in [0.717, 1.165) is 36.5 Å². The zero-order chi connectivity index (χ0) is 14.1. The smallest absolute Gasteiger partial charge is 0.119 e. The molecule has 1 rings (SSSR count). The summed E-state index contributed by atoms with van der Waals surface area (Å²) < 4.78 is 12.0. The Morgan fingerprint density at radius 3 is 2.32 bits per heavy atom. The standard InChI is InChI=1S/C15H24BrNO2/c1-13(2)12-17(8-10-18-3)9-11-19-15-6-4-14(16)5-7-15/h4-7,13H,8-12H2,1-3H3. The van der Waals surface area contributed by atoms with Crippen molar-refractivity contribution in [1.29, 1.82) is 0 Å². The normalized spacial score (nSPS) is 11.3. The number of methoxy groups -OCH3 is 1. The lowest BCUT2D eigenvalue weighted by atomic mass is 10.2. The van der Waals surface area contributed by atoms with Crippen LogP contribution in [0.15, 0.2) is 28.7 Å². The second kappa shape index (κ2) is 9.34. The van der Waals surface area contributed by atoms with Crippen molar-refractivity contribution in [2.24, 2.45) is 5.92 Å². The Labute approximate surface area is 125 Å². The summed E-state index contributed by atoms with van der Waals surface area (Å²) in [6.45, 7) is 8.90. The van der Waals surface area contributed by atoms with Crippen LogP contribution in [0.25, 0.3) is 0 Å². The molecule has 3 nitrogen and oxygen atoms in total. The molecular weight excluding hydrogens is 306 g/mol. The van der Waals surface area contributed by atoms with E-state index in [9.17, 15) is 0 Å². The maximum Gasteiger partial charge on any atom is 0.119 e. The molecule has 108 valence electrons. The molecule has 0 saturated heterocycles. The molecule has 0 heterocycles. The summed E-state index contributed by atoms with van der Waals surface area (Å²) in [7, 11) is 1.74. The molecule has 0 fully saturated rings. The lowest BCUT2D eigenvalue weighted by molar-refractivity contribution is 0.127. The molecule has 1 aromatic carbocycles. The topological polar surface area (TPSA) is 21.7 Å².